The van der Waals surface area contributed by atoms with Crippen molar-refractivity contribution in [2.45, 2.75) is 39.0 Å². The summed E-state index contributed by atoms with van der Waals surface area (Å²) < 4.78 is 63.9. The molecule has 1 aromatic carbocycles. The quantitative estimate of drug-likeness (QED) is 0.376. The van der Waals surface area contributed by atoms with Crippen LogP contribution in [0.15, 0.2) is 48.0 Å². The number of allylic oxidation sites excluding steroid dienone is 1. The van der Waals surface area contributed by atoms with Crippen molar-refractivity contribution in [1.29, 1.82) is 0 Å². The summed E-state index contributed by atoms with van der Waals surface area (Å²) in [7, 11) is 0. The summed E-state index contributed by atoms with van der Waals surface area (Å²) in [6.07, 6.45) is -4.65. The van der Waals surface area contributed by atoms with Crippen molar-refractivity contribution in [1.82, 2.24) is 4.98 Å². The third kappa shape index (κ3) is 6.23. The number of benzene rings is 1. The number of fused-ring (bicyclic) bond motifs is 1. The van der Waals surface area contributed by atoms with Crippen molar-refractivity contribution in [2.75, 3.05) is 31.7 Å². The van der Waals surface area contributed by atoms with Crippen molar-refractivity contribution in [3.8, 4) is 5.88 Å². The maximum atomic E-state index is 14.1. The number of ether oxygens (including phenoxy) is 4. The van der Waals surface area contributed by atoms with E-state index in [4.69, 9.17) is 24.1 Å². The molecule has 1 aromatic heterocycles. The number of halogens is 3. The highest BCUT2D eigenvalue weighted by Gasteiger charge is 2.42. The lowest BCUT2D eigenvalue weighted by Gasteiger charge is -2.33. The topological polar surface area (TPSA) is 99.1 Å². The van der Waals surface area contributed by atoms with Crippen LogP contribution in [0.2, 0.25) is 0 Å². The van der Waals surface area contributed by atoms with Gasteiger partial charge in [0, 0.05) is 11.9 Å². The van der Waals surface area contributed by atoms with Crippen molar-refractivity contribution in [3.63, 3.8) is 0 Å². The molecule has 2 heterocycles. The predicted molar refractivity (Wildman–Crippen MR) is 120 cm³/mol. The first-order valence-corrected chi connectivity index (χ1v) is 11.0. The van der Waals surface area contributed by atoms with Gasteiger partial charge in [0.15, 0.2) is 0 Å². The molecular formula is C24H27F3N2O6. The molecular weight excluding hydrogens is 469 g/mol. The van der Waals surface area contributed by atoms with E-state index in [9.17, 15) is 18.0 Å². The smallest absolute Gasteiger partial charge is 0.475 e. The summed E-state index contributed by atoms with van der Waals surface area (Å²) in [5, 5.41) is 12.2. The van der Waals surface area contributed by atoms with E-state index in [-0.39, 0.29) is 61.0 Å². The highest BCUT2D eigenvalue weighted by Crippen LogP contribution is 2.49. The molecule has 35 heavy (non-hydrogen) atoms. The highest BCUT2D eigenvalue weighted by molar-refractivity contribution is 5.71. The molecule has 1 aliphatic rings. The number of carbonyl (C=O) groups excluding carboxylic acids is 1. The number of alkyl halides is 3. The van der Waals surface area contributed by atoms with Gasteiger partial charge in [0.1, 0.15) is 5.76 Å². The first-order chi connectivity index (χ1) is 16.7. The molecule has 0 amide bonds. The zero-order chi connectivity index (χ0) is 25.6. The van der Waals surface area contributed by atoms with Gasteiger partial charge in [-0.2, -0.15) is 13.2 Å². The van der Waals surface area contributed by atoms with E-state index in [1.165, 1.54) is 24.4 Å². The van der Waals surface area contributed by atoms with E-state index < -0.39 is 23.8 Å². The number of aliphatic hydroxyl groups excluding tert-OH is 1. The summed E-state index contributed by atoms with van der Waals surface area (Å²) in [5.41, 5.74) is -0.191. The van der Waals surface area contributed by atoms with Gasteiger partial charge in [-0.3, -0.25) is 0 Å². The monoisotopic (exact) mass is 496 g/mol. The minimum atomic E-state index is -4.69. The molecule has 190 valence electrons. The number of anilines is 1. The van der Waals surface area contributed by atoms with Gasteiger partial charge in [-0.05, 0) is 38.5 Å². The number of nitrogens with one attached hydrogen (secondary N) is 1. The molecule has 2 N–H and O–H groups in total. The number of carbonyl (C=O) groups is 1. The number of hydrogen-bond acceptors (Lipinski definition) is 8. The van der Waals surface area contributed by atoms with Crippen LogP contribution in [0.4, 0.5) is 23.7 Å². The molecule has 0 bridgehead atoms. The SMILES string of the molecule is CCOC(=O)OC1=C(COCCO)Nc2ccnc(OC(C)C)c2C1c1ccccc1C(F)(F)F. The zero-order valence-electron chi connectivity index (χ0n) is 19.5. The minimum Gasteiger partial charge on any atom is -0.475 e. The number of pyridine rings is 1. The van der Waals surface area contributed by atoms with Gasteiger partial charge in [-0.25, -0.2) is 9.78 Å². The largest absolute Gasteiger partial charge is 0.513 e. The van der Waals surface area contributed by atoms with Gasteiger partial charge in [-0.15, -0.1) is 0 Å². The molecule has 1 unspecified atom stereocenters. The molecule has 8 nitrogen and oxygen atoms in total. The Bertz CT molecular complexity index is 1070. The molecule has 0 spiro atoms. The second-order valence-electron chi connectivity index (χ2n) is 7.79. The second kappa shape index (κ2) is 11.4. The third-order valence-corrected chi connectivity index (χ3v) is 4.95. The lowest BCUT2D eigenvalue weighted by molar-refractivity contribution is -0.138. The third-order valence-electron chi connectivity index (χ3n) is 4.95. The molecule has 1 atom stereocenters. The Morgan fingerprint density at radius 3 is 2.63 bits per heavy atom. The average molecular weight is 496 g/mol. The fourth-order valence-corrected chi connectivity index (χ4v) is 3.70. The Morgan fingerprint density at radius 2 is 1.97 bits per heavy atom. The molecule has 1 aliphatic heterocycles. The molecule has 0 aliphatic carbocycles. The fourth-order valence-electron chi connectivity index (χ4n) is 3.70. The number of aromatic nitrogens is 1. The number of nitrogens with zero attached hydrogens (tertiary/aromatic N) is 1. The van der Waals surface area contributed by atoms with Gasteiger partial charge in [0.2, 0.25) is 5.88 Å². The van der Waals surface area contributed by atoms with E-state index in [1.807, 2.05) is 0 Å². The van der Waals surface area contributed by atoms with E-state index >= 15 is 0 Å². The molecule has 0 saturated carbocycles. The normalized spacial score (nSPS) is 15.5. The first kappa shape index (κ1) is 26.3. The van der Waals surface area contributed by atoms with Crippen LogP contribution in [0.25, 0.3) is 0 Å². The van der Waals surface area contributed by atoms with Crippen LogP contribution in [-0.2, 0) is 20.4 Å². The van der Waals surface area contributed by atoms with Crippen LogP contribution in [0.3, 0.4) is 0 Å². The van der Waals surface area contributed by atoms with Crippen molar-refractivity contribution >= 4 is 11.8 Å². The standard InChI is InChI=1S/C24H27F3N2O6/c1-4-33-23(31)35-21-18(13-32-12-11-30)29-17-9-10-28-22(34-14(2)3)20(17)19(21)15-7-5-6-8-16(15)24(25,26)27/h5-10,14,19,29-30H,4,11-13H2,1-3H3. The van der Waals surface area contributed by atoms with Crippen molar-refractivity contribution < 1.29 is 42.0 Å². The lowest BCUT2D eigenvalue weighted by Crippen LogP contribution is -2.28. The second-order valence-corrected chi connectivity index (χ2v) is 7.79. The molecule has 0 radical (unpaired) electrons. The maximum absolute atomic E-state index is 14.1. The number of aliphatic hydroxyl groups is 1. The van der Waals surface area contributed by atoms with E-state index in [0.717, 1.165) is 6.07 Å². The van der Waals surface area contributed by atoms with Crippen LogP contribution in [0.1, 0.15) is 43.4 Å². The maximum Gasteiger partial charge on any atom is 0.513 e. The summed E-state index contributed by atoms with van der Waals surface area (Å²) in [6, 6.07) is 6.61. The summed E-state index contributed by atoms with van der Waals surface area (Å²) in [4.78, 5) is 16.6. The molecule has 0 fully saturated rings. The number of rotatable bonds is 9. The van der Waals surface area contributed by atoms with Crippen molar-refractivity contribution in [2.24, 2.45) is 0 Å². The predicted octanol–water partition coefficient (Wildman–Crippen LogP) is 4.84. The molecule has 3 rings (SSSR count). The van der Waals surface area contributed by atoms with Gasteiger partial charge >= 0.3 is 12.3 Å². The lowest BCUT2D eigenvalue weighted by atomic mass is 9.83. The van der Waals surface area contributed by atoms with Crippen molar-refractivity contribution in [3.05, 3.63) is 64.7 Å². The fraction of sp³-hybridized carbons (Fsp3) is 0.417. The summed E-state index contributed by atoms with van der Waals surface area (Å²) in [5.74, 6) is -1.29. The van der Waals surface area contributed by atoms with Gasteiger partial charge in [-0.1, -0.05) is 18.2 Å². The van der Waals surface area contributed by atoms with Crippen LogP contribution in [-0.4, -0.2) is 48.8 Å². The van der Waals surface area contributed by atoms with Crippen LogP contribution in [0.5, 0.6) is 5.88 Å². The van der Waals surface area contributed by atoms with E-state index in [2.05, 4.69) is 10.3 Å². The Balaban J connectivity index is 2.29. The molecule has 2 aromatic rings. The minimum absolute atomic E-state index is 0.000451. The van der Waals surface area contributed by atoms with Crippen LogP contribution < -0.4 is 10.1 Å². The van der Waals surface area contributed by atoms with Gasteiger partial charge < -0.3 is 29.4 Å². The summed E-state index contributed by atoms with van der Waals surface area (Å²) >= 11 is 0. The van der Waals surface area contributed by atoms with Gasteiger partial charge in [0.05, 0.1) is 55.3 Å². The number of hydrogen-bond donors (Lipinski definition) is 2. The van der Waals surface area contributed by atoms with Crippen LogP contribution >= 0.6 is 0 Å². The first-order valence-electron chi connectivity index (χ1n) is 11.0. The Kier molecular flexibility index (Phi) is 8.57. The van der Waals surface area contributed by atoms with Crippen LogP contribution in [0, 0.1) is 0 Å². The average Bonchev–Trinajstić information content (AvgIpc) is 2.79. The Labute approximate surface area is 200 Å². The highest BCUT2D eigenvalue weighted by atomic mass is 19.4. The van der Waals surface area contributed by atoms with E-state index in [1.54, 1.807) is 26.8 Å². The van der Waals surface area contributed by atoms with E-state index in [0.29, 0.717) is 5.69 Å². The van der Waals surface area contributed by atoms with Gasteiger partial charge in [0.25, 0.3) is 0 Å². The molecule has 0 saturated heterocycles. The zero-order valence-corrected chi connectivity index (χ0v) is 19.5. The summed E-state index contributed by atoms with van der Waals surface area (Å²) in [6.45, 7) is 4.61. The molecule has 11 heteroatoms. The Hall–Kier alpha value is -3.31. The Morgan fingerprint density at radius 1 is 1.23 bits per heavy atom.